The minimum absolute atomic E-state index is 0.0594. The van der Waals surface area contributed by atoms with Crippen molar-refractivity contribution >= 4 is 28.9 Å². The van der Waals surface area contributed by atoms with Gasteiger partial charge in [-0.2, -0.15) is 0 Å². The number of imidazole rings is 1. The Kier molecular flexibility index (Phi) is 6.53. The van der Waals surface area contributed by atoms with E-state index in [4.69, 9.17) is 5.11 Å². The summed E-state index contributed by atoms with van der Waals surface area (Å²) in [6.45, 7) is 4.18. The Morgan fingerprint density at radius 1 is 1.33 bits per heavy atom. The number of carboxylic acid groups (broad SMARTS) is 1. The van der Waals surface area contributed by atoms with E-state index in [0.717, 1.165) is 19.3 Å². The van der Waals surface area contributed by atoms with Crippen LogP contribution >= 0.6 is 0 Å². The van der Waals surface area contributed by atoms with E-state index in [0.29, 0.717) is 17.9 Å². The normalized spacial score (nSPS) is 18.6. The van der Waals surface area contributed by atoms with E-state index in [2.05, 4.69) is 20.6 Å². The predicted octanol–water partition coefficient (Wildman–Crippen LogP) is 2.31. The highest BCUT2D eigenvalue weighted by Crippen LogP contribution is 2.20. The van der Waals surface area contributed by atoms with Crippen LogP contribution < -0.4 is 10.6 Å². The van der Waals surface area contributed by atoms with Gasteiger partial charge in [-0.3, -0.25) is 9.59 Å². The van der Waals surface area contributed by atoms with Gasteiger partial charge in [0.15, 0.2) is 5.82 Å². The Hall–Kier alpha value is -3.17. The third kappa shape index (κ3) is 4.87. The number of amides is 3. The number of halogens is 1. The maximum Gasteiger partial charge on any atom is 0.405 e. The van der Waals surface area contributed by atoms with Crippen LogP contribution in [0.4, 0.5) is 9.18 Å². The average molecular weight is 419 g/mol. The minimum Gasteiger partial charge on any atom is -0.465 e. The maximum absolute atomic E-state index is 13.9. The Bertz CT molecular complexity index is 946. The lowest BCUT2D eigenvalue weighted by Crippen LogP contribution is -2.51. The standard InChI is InChI=1S/C20H26FN5O4/c1-11-6-3-4-9-26(11)16(27)10-15(24-20(29)30)19(28)22-12(2)18-23-14-8-5-7-13(21)17(14)25-18/h5,7-8,11-12,15,24H,3-4,6,9-10H2,1-2H3,(H,22,28)(H,23,25)(H,29,30)/t11?,12-,15?/m0/s1. The number of H-pyrrole nitrogens is 1. The molecule has 1 aromatic heterocycles. The van der Waals surface area contributed by atoms with Gasteiger partial charge in [0.1, 0.15) is 17.4 Å². The summed E-state index contributed by atoms with van der Waals surface area (Å²) in [6.07, 6.45) is 1.14. The number of aromatic nitrogens is 2. The summed E-state index contributed by atoms with van der Waals surface area (Å²) in [5, 5.41) is 13.9. The molecular weight excluding hydrogens is 393 g/mol. The molecule has 0 spiro atoms. The van der Waals surface area contributed by atoms with Crippen molar-refractivity contribution < 1.29 is 23.9 Å². The van der Waals surface area contributed by atoms with E-state index >= 15 is 0 Å². The zero-order valence-electron chi connectivity index (χ0n) is 16.9. The van der Waals surface area contributed by atoms with Gasteiger partial charge in [-0.25, -0.2) is 14.2 Å². The first-order valence-electron chi connectivity index (χ1n) is 9.99. The lowest BCUT2D eigenvalue weighted by molar-refractivity contribution is -0.137. The van der Waals surface area contributed by atoms with Crippen LogP contribution in [0.1, 0.15) is 51.4 Å². The number of rotatable bonds is 6. The van der Waals surface area contributed by atoms with Crippen LogP contribution in [0.2, 0.25) is 0 Å². The zero-order chi connectivity index (χ0) is 21.8. The number of hydrogen-bond acceptors (Lipinski definition) is 4. The molecule has 30 heavy (non-hydrogen) atoms. The van der Waals surface area contributed by atoms with E-state index in [-0.39, 0.29) is 23.9 Å². The van der Waals surface area contributed by atoms with E-state index in [9.17, 15) is 18.8 Å². The Balaban J connectivity index is 1.70. The molecule has 1 saturated heterocycles. The molecule has 162 valence electrons. The molecule has 4 N–H and O–H groups in total. The SMILES string of the molecule is CC1CCCCN1C(=O)CC(NC(=O)O)C(=O)N[C@@H](C)c1nc2c(F)cccc2[nH]1. The van der Waals surface area contributed by atoms with E-state index < -0.39 is 29.9 Å². The second-order valence-electron chi connectivity index (χ2n) is 7.63. The summed E-state index contributed by atoms with van der Waals surface area (Å²) < 4.78 is 13.9. The molecule has 1 aromatic carbocycles. The van der Waals surface area contributed by atoms with E-state index in [1.165, 1.54) is 6.07 Å². The number of para-hydroxylation sites is 1. The van der Waals surface area contributed by atoms with Gasteiger partial charge in [0.25, 0.3) is 0 Å². The van der Waals surface area contributed by atoms with Gasteiger partial charge in [-0.15, -0.1) is 0 Å². The first kappa shape index (κ1) is 21.5. The lowest BCUT2D eigenvalue weighted by Gasteiger charge is -2.34. The third-order valence-corrected chi connectivity index (χ3v) is 5.37. The van der Waals surface area contributed by atoms with Crippen molar-refractivity contribution in [2.75, 3.05) is 6.54 Å². The number of aromatic amines is 1. The number of piperidine rings is 1. The molecule has 10 heteroatoms. The molecule has 2 heterocycles. The fourth-order valence-corrected chi connectivity index (χ4v) is 3.72. The molecular formula is C20H26FN5O4. The largest absolute Gasteiger partial charge is 0.465 e. The third-order valence-electron chi connectivity index (χ3n) is 5.37. The summed E-state index contributed by atoms with van der Waals surface area (Å²) in [7, 11) is 0. The number of hydrogen-bond donors (Lipinski definition) is 4. The average Bonchev–Trinajstić information content (AvgIpc) is 3.13. The van der Waals surface area contributed by atoms with Crippen LogP contribution in [0.3, 0.4) is 0 Å². The molecule has 0 bridgehead atoms. The first-order chi connectivity index (χ1) is 14.3. The number of carbonyl (C=O) groups is 3. The van der Waals surface area contributed by atoms with Crippen molar-refractivity contribution in [1.82, 2.24) is 25.5 Å². The van der Waals surface area contributed by atoms with Gasteiger partial charge >= 0.3 is 6.09 Å². The number of likely N-dealkylation sites (tertiary alicyclic amines) is 1. The van der Waals surface area contributed by atoms with Gasteiger partial charge in [0.05, 0.1) is 18.0 Å². The second-order valence-corrected chi connectivity index (χ2v) is 7.63. The maximum atomic E-state index is 13.9. The number of fused-ring (bicyclic) bond motifs is 1. The Labute approximate surface area is 173 Å². The van der Waals surface area contributed by atoms with Crippen molar-refractivity contribution in [3.8, 4) is 0 Å². The van der Waals surface area contributed by atoms with E-state index in [1.807, 2.05) is 6.92 Å². The second kappa shape index (κ2) is 9.10. The summed E-state index contributed by atoms with van der Waals surface area (Å²) in [4.78, 5) is 45.4. The number of benzene rings is 1. The fraction of sp³-hybridized carbons (Fsp3) is 0.500. The number of carbonyl (C=O) groups excluding carboxylic acids is 2. The van der Waals surface area contributed by atoms with E-state index in [1.54, 1.807) is 24.0 Å². The van der Waals surface area contributed by atoms with Gasteiger partial charge in [0.2, 0.25) is 11.8 Å². The summed E-state index contributed by atoms with van der Waals surface area (Å²) >= 11 is 0. The van der Waals surface area contributed by atoms with Crippen LogP contribution in [0.25, 0.3) is 11.0 Å². The van der Waals surface area contributed by atoms with Crippen molar-refractivity contribution in [2.45, 2.75) is 57.7 Å². The van der Waals surface area contributed by atoms with Crippen molar-refractivity contribution in [3.05, 3.63) is 29.8 Å². The van der Waals surface area contributed by atoms with Gasteiger partial charge in [-0.1, -0.05) is 6.07 Å². The molecule has 1 aliphatic rings. The van der Waals surface area contributed by atoms with Crippen molar-refractivity contribution in [2.24, 2.45) is 0 Å². The molecule has 9 nitrogen and oxygen atoms in total. The zero-order valence-corrected chi connectivity index (χ0v) is 16.9. The molecule has 2 unspecified atom stereocenters. The molecule has 3 rings (SSSR count). The smallest absolute Gasteiger partial charge is 0.405 e. The molecule has 0 saturated carbocycles. The molecule has 3 atom stereocenters. The van der Waals surface area contributed by atoms with Crippen LogP contribution in [0.15, 0.2) is 18.2 Å². The van der Waals surface area contributed by atoms with Gasteiger partial charge in [-0.05, 0) is 45.2 Å². The lowest BCUT2D eigenvalue weighted by atomic mass is 10.0. The molecule has 2 aromatic rings. The van der Waals surface area contributed by atoms with Crippen molar-refractivity contribution in [1.29, 1.82) is 0 Å². The highest BCUT2D eigenvalue weighted by Gasteiger charge is 2.30. The molecule has 1 fully saturated rings. The summed E-state index contributed by atoms with van der Waals surface area (Å²) in [5.74, 6) is -1.08. The number of nitrogens with one attached hydrogen (secondary N) is 3. The fourth-order valence-electron chi connectivity index (χ4n) is 3.72. The monoisotopic (exact) mass is 419 g/mol. The first-order valence-corrected chi connectivity index (χ1v) is 9.99. The quantitative estimate of drug-likeness (QED) is 0.571. The predicted molar refractivity (Wildman–Crippen MR) is 107 cm³/mol. The van der Waals surface area contributed by atoms with Crippen LogP contribution in [0, 0.1) is 5.82 Å². The Morgan fingerprint density at radius 2 is 2.10 bits per heavy atom. The van der Waals surface area contributed by atoms with Gasteiger partial charge in [0, 0.05) is 12.6 Å². The van der Waals surface area contributed by atoms with Crippen LogP contribution in [-0.2, 0) is 9.59 Å². The molecule has 0 radical (unpaired) electrons. The number of nitrogens with zero attached hydrogens (tertiary/aromatic N) is 2. The molecule has 3 amide bonds. The van der Waals surface area contributed by atoms with Crippen LogP contribution in [-0.4, -0.2) is 56.5 Å². The Morgan fingerprint density at radius 3 is 2.77 bits per heavy atom. The summed E-state index contributed by atoms with van der Waals surface area (Å²) in [5.41, 5.74) is 0.642. The molecule has 0 aliphatic carbocycles. The highest BCUT2D eigenvalue weighted by atomic mass is 19.1. The van der Waals surface area contributed by atoms with Crippen molar-refractivity contribution in [3.63, 3.8) is 0 Å². The minimum atomic E-state index is -1.40. The topological polar surface area (TPSA) is 127 Å². The molecule has 1 aliphatic heterocycles. The van der Waals surface area contributed by atoms with Gasteiger partial charge < -0.3 is 25.6 Å². The van der Waals surface area contributed by atoms with Crippen LogP contribution in [0.5, 0.6) is 0 Å². The highest BCUT2D eigenvalue weighted by molar-refractivity contribution is 5.91. The summed E-state index contributed by atoms with van der Waals surface area (Å²) in [6, 6.07) is 2.67.